The number of hydrogen-bond donors (Lipinski definition) is 2. The van der Waals surface area contributed by atoms with Crippen molar-refractivity contribution in [2.75, 3.05) is 0 Å². The van der Waals surface area contributed by atoms with Crippen molar-refractivity contribution in [1.82, 2.24) is 10.6 Å². The third-order valence-electron chi connectivity index (χ3n) is 5.60. The molecule has 1 aromatic carbocycles. The van der Waals surface area contributed by atoms with Crippen LogP contribution in [0.15, 0.2) is 42.1 Å². The second kappa shape index (κ2) is 5.49. The van der Waals surface area contributed by atoms with Crippen molar-refractivity contribution >= 4 is 23.4 Å². The number of piperidine rings is 1. The first-order chi connectivity index (χ1) is 11.5. The van der Waals surface area contributed by atoms with Crippen LogP contribution >= 0.6 is 11.6 Å². The van der Waals surface area contributed by atoms with Gasteiger partial charge in [0.25, 0.3) is 0 Å². The molecule has 0 aromatic heterocycles. The van der Waals surface area contributed by atoms with E-state index in [1.165, 1.54) is 0 Å². The number of carbonyl (C=O) groups excluding carboxylic acids is 2. The Hall–Kier alpha value is -2.07. The molecule has 3 unspecified atom stereocenters. The molecule has 0 saturated carbocycles. The Kier molecular flexibility index (Phi) is 3.53. The monoisotopic (exact) mass is 342 g/mol. The molecule has 3 atom stereocenters. The van der Waals surface area contributed by atoms with Crippen molar-refractivity contribution in [3.63, 3.8) is 0 Å². The minimum Gasteiger partial charge on any atom is -0.348 e. The van der Waals surface area contributed by atoms with Gasteiger partial charge in [-0.05, 0) is 49.1 Å². The average Bonchev–Trinajstić information content (AvgIpc) is 2.85. The van der Waals surface area contributed by atoms with Crippen LogP contribution in [0, 0.1) is 18.3 Å². The second-order valence-corrected chi connectivity index (χ2v) is 7.27. The number of carbonyl (C=O) groups is 2. The number of halogens is 1. The van der Waals surface area contributed by atoms with Gasteiger partial charge in [0.15, 0.2) is 0 Å². The number of rotatable bonds is 1. The smallest absolute Gasteiger partial charge is 0.233 e. The molecule has 2 aliphatic heterocycles. The van der Waals surface area contributed by atoms with E-state index in [0.29, 0.717) is 17.9 Å². The minimum absolute atomic E-state index is 0.00632. The Morgan fingerprint density at radius 2 is 2.12 bits per heavy atom. The molecule has 4 nitrogen and oxygen atoms in total. The van der Waals surface area contributed by atoms with E-state index in [2.05, 4.69) is 16.7 Å². The summed E-state index contributed by atoms with van der Waals surface area (Å²) in [6.45, 7) is 1.99. The van der Waals surface area contributed by atoms with Crippen LogP contribution in [0.5, 0.6) is 0 Å². The third kappa shape index (κ3) is 2.13. The molecule has 2 fully saturated rings. The summed E-state index contributed by atoms with van der Waals surface area (Å²) in [6.07, 6.45) is 7.77. The molecule has 24 heavy (non-hydrogen) atoms. The number of amides is 2. The van der Waals surface area contributed by atoms with E-state index >= 15 is 0 Å². The van der Waals surface area contributed by atoms with Crippen LogP contribution in [-0.4, -0.2) is 11.8 Å². The number of hydrogen-bond acceptors (Lipinski definition) is 2. The van der Waals surface area contributed by atoms with E-state index in [1.54, 1.807) is 0 Å². The van der Waals surface area contributed by atoms with E-state index in [1.807, 2.05) is 37.3 Å². The molecule has 5 heteroatoms. The molecule has 4 rings (SSSR count). The first-order valence-electron chi connectivity index (χ1n) is 8.26. The molecular formula is C19H19ClN2O2. The first kappa shape index (κ1) is 15.5. The van der Waals surface area contributed by atoms with Crippen molar-refractivity contribution in [2.24, 2.45) is 11.3 Å². The van der Waals surface area contributed by atoms with Crippen LogP contribution in [0.1, 0.15) is 36.4 Å². The molecule has 2 N–H and O–H groups in total. The van der Waals surface area contributed by atoms with Gasteiger partial charge >= 0.3 is 0 Å². The molecule has 1 aromatic rings. The van der Waals surface area contributed by atoms with Crippen molar-refractivity contribution in [3.05, 3.63) is 58.3 Å². The number of benzene rings is 1. The van der Waals surface area contributed by atoms with Crippen molar-refractivity contribution in [3.8, 4) is 0 Å². The van der Waals surface area contributed by atoms with Gasteiger partial charge in [0, 0.05) is 23.1 Å². The SMILES string of the molecule is Cc1ccc(Cl)cc1C1NC(=O)CCC12C(=O)NC1=CC=CCC12. The Morgan fingerprint density at radius 1 is 1.29 bits per heavy atom. The van der Waals surface area contributed by atoms with Gasteiger partial charge in [-0.25, -0.2) is 0 Å². The Labute approximate surface area is 146 Å². The predicted molar refractivity (Wildman–Crippen MR) is 92.2 cm³/mol. The normalized spacial score (nSPS) is 31.5. The first-order valence-corrected chi connectivity index (χ1v) is 8.64. The van der Waals surface area contributed by atoms with Crippen LogP contribution in [0.3, 0.4) is 0 Å². The van der Waals surface area contributed by atoms with E-state index in [-0.39, 0.29) is 23.8 Å². The molecule has 1 aliphatic carbocycles. The van der Waals surface area contributed by atoms with Crippen molar-refractivity contribution in [1.29, 1.82) is 0 Å². The van der Waals surface area contributed by atoms with Gasteiger partial charge in [-0.15, -0.1) is 0 Å². The molecule has 0 bridgehead atoms. The lowest BCUT2D eigenvalue weighted by Gasteiger charge is -2.44. The summed E-state index contributed by atoms with van der Waals surface area (Å²) in [7, 11) is 0. The lowest BCUT2D eigenvalue weighted by atomic mass is 9.62. The number of nitrogens with one attached hydrogen (secondary N) is 2. The number of aryl methyl sites for hydroxylation is 1. The van der Waals surface area contributed by atoms with Gasteiger partial charge in [-0.3, -0.25) is 9.59 Å². The standard InChI is InChI=1S/C19H19ClN2O2/c1-11-6-7-12(20)10-13(11)17-19(9-8-16(23)22-17)14-4-2-3-5-15(14)21-18(19)24/h2-3,5-7,10,14,17H,4,8-9H2,1H3,(H,21,24)(H,22,23). The van der Waals surface area contributed by atoms with Crippen LogP contribution in [0.4, 0.5) is 0 Å². The van der Waals surface area contributed by atoms with Gasteiger partial charge in [-0.1, -0.05) is 29.8 Å². The maximum Gasteiger partial charge on any atom is 0.233 e. The highest BCUT2D eigenvalue weighted by Gasteiger charge is 2.59. The average molecular weight is 343 g/mol. The number of fused-ring (bicyclic) bond motifs is 2. The fourth-order valence-electron chi connectivity index (χ4n) is 4.38. The van der Waals surface area contributed by atoms with E-state index < -0.39 is 5.41 Å². The summed E-state index contributed by atoms with van der Waals surface area (Å²) in [4.78, 5) is 25.2. The fourth-order valence-corrected chi connectivity index (χ4v) is 4.56. The molecular weight excluding hydrogens is 324 g/mol. The highest BCUT2D eigenvalue weighted by molar-refractivity contribution is 6.30. The molecule has 124 valence electrons. The molecule has 1 spiro atoms. The Balaban J connectivity index is 1.87. The molecule has 2 amide bonds. The zero-order valence-corrected chi connectivity index (χ0v) is 14.2. The summed E-state index contributed by atoms with van der Waals surface area (Å²) in [5, 5.41) is 6.75. The molecule has 0 radical (unpaired) electrons. The third-order valence-corrected chi connectivity index (χ3v) is 5.84. The zero-order chi connectivity index (χ0) is 16.9. The van der Waals surface area contributed by atoms with E-state index in [9.17, 15) is 9.59 Å². The lowest BCUT2D eigenvalue weighted by molar-refractivity contribution is -0.138. The highest BCUT2D eigenvalue weighted by atomic mass is 35.5. The quantitative estimate of drug-likeness (QED) is 0.823. The summed E-state index contributed by atoms with van der Waals surface area (Å²) in [6, 6.07) is 5.29. The van der Waals surface area contributed by atoms with Gasteiger partial charge in [0.2, 0.25) is 11.8 Å². The van der Waals surface area contributed by atoms with Gasteiger partial charge < -0.3 is 10.6 Å². The predicted octanol–water partition coefficient (Wildman–Crippen LogP) is 3.18. The minimum atomic E-state index is -0.653. The topological polar surface area (TPSA) is 58.2 Å². The summed E-state index contributed by atoms with van der Waals surface area (Å²) < 4.78 is 0. The van der Waals surface area contributed by atoms with Gasteiger partial charge in [0.05, 0.1) is 11.5 Å². The highest BCUT2D eigenvalue weighted by Crippen LogP contribution is 2.55. The summed E-state index contributed by atoms with van der Waals surface area (Å²) >= 11 is 6.21. The maximum atomic E-state index is 13.0. The van der Waals surface area contributed by atoms with Crippen molar-refractivity contribution < 1.29 is 9.59 Å². The van der Waals surface area contributed by atoms with Crippen LogP contribution in [-0.2, 0) is 9.59 Å². The van der Waals surface area contributed by atoms with Crippen LogP contribution in [0.2, 0.25) is 5.02 Å². The zero-order valence-electron chi connectivity index (χ0n) is 13.4. The van der Waals surface area contributed by atoms with E-state index in [4.69, 9.17) is 11.6 Å². The fraction of sp³-hybridized carbons (Fsp3) is 0.368. The Morgan fingerprint density at radius 3 is 2.96 bits per heavy atom. The lowest BCUT2D eigenvalue weighted by Crippen LogP contribution is -2.52. The van der Waals surface area contributed by atoms with Gasteiger partial charge in [-0.2, -0.15) is 0 Å². The van der Waals surface area contributed by atoms with Gasteiger partial charge in [0.1, 0.15) is 0 Å². The largest absolute Gasteiger partial charge is 0.348 e. The number of allylic oxidation sites excluding steroid dienone is 4. The summed E-state index contributed by atoms with van der Waals surface area (Å²) in [5.74, 6) is 0.0624. The van der Waals surface area contributed by atoms with Crippen LogP contribution in [0.25, 0.3) is 0 Å². The molecule has 2 heterocycles. The summed E-state index contributed by atoms with van der Waals surface area (Å²) in [5.41, 5.74) is 2.27. The van der Waals surface area contributed by atoms with E-state index in [0.717, 1.165) is 23.2 Å². The molecule has 2 saturated heterocycles. The van der Waals surface area contributed by atoms with Crippen LogP contribution < -0.4 is 10.6 Å². The Bertz CT molecular complexity index is 799. The van der Waals surface area contributed by atoms with Crippen molar-refractivity contribution in [2.45, 2.75) is 32.2 Å². The second-order valence-electron chi connectivity index (χ2n) is 6.83. The maximum absolute atomic E-state index is 13.0. The molecule has 3 aliphatic rings.